The van der Waals surface area contributed by atoms with Crippen molar-refractivity contribution < 1.29 is 14.3 Å². The molecule has 0 spiro atoms. The molecular weight excluding hydrogens is 132 g/mol. The Bertz CT molecular complexity index is 120. The Hall–Kier alpha value is -0.860. The van der Waals surface area contributed by atoms with Gasteiger partial charge in [0.05, 0.1) is 0 Å². The molecule has 0 saturated carbocycles. The molecule has 0 radical (unpaired) electrons. The van der Waals surface area contributed by atoms with Gasteiger partial charge in [0.1, 0.15) is 12.4 Å². The molecule has 0 saturated heterocycles. The maximum Gasteiger partial charge on any atom is 0.302 e. The van der Waals surface area contributed by atoms with Crippen LogP contribution in [0.1, 0.15) is 26.7 Å². The molecule has 0 rings (SSSR count). The predicted molar refractivity (Wildman–Crippen MR) is 36.5 cm³/mol. The summed E-state index contributed by atoms with van der Waals surface area (Å²) in [5.74, 6) is -0.325. The molecular formula is C7H12O3. The van der Waals surface area contributed by atoms with Crippen molar-refractivity contribution >= 4 is 12.3 Å². The summed E-state index contributed by atoms with van der Waals surface area (Å²) in [6.45, 7) is 3.21. The van der Waals surface area contributed by atoms with Crippen LogP contribution in [0, 0.1) is 0 Å². The highest BCUT2D eigenvalue weighted by Gasteiger charge is 2.07. The van der Waals surface area contributed by atoms with E-state index >= 15 is 0 Å². The van der Waals surface area contributed by atoms with E-state index in [1.165, 1.54) is 6.92 Å². The summed E-state index contributed by atoms with van der Waals surface area (Å²) in [6.07, 6.45) is 1.53. The minimum absolute atomic E-state index is 0.227. The van der Waals surface area contributed by atoms with Gasteiger partial charge in [-0.15, -0.1) is 0 Å². The largest absolute Gasteiger partial charge is 0.462 e. The second-order valence-corrected chi connectivity index (χ2v) is 2.04. The Morgan fingerprint density at radius 2 is 2.30 bits per heavy atom. The third-order valence-corrected chi connectivity index (χ3v) is 1.15. The minimum Gasteiger partial charge on any atom is -0.462 e. The highest BCUT2D eigenvalue weighted by molar-refractivity contribution is 5.66. The molecule has 0 N–H and O–H groups in total. The Balaban J connectivity index is 3.59. The lowest BCUT2D eigenvalue weighted by Gasteiger charge is -2.10. The molecule has 1 atom stereocenters. The van der Waals surface area contributed by atoms with Crippen molar-refractivity contribution in [3.05, 3.63) is 0 Å². The maximum atomic E-state index is 10.3. The fraction of sp³-hybridized carbons (Fsp3) is 0.714. The molecule has 0 bridgehead atoms. The molecule has 0 aromatic heterocycles. The predicted octanol–water partition coefficient (Wildman–Crippen LogP) is 0.917. The molecule has 58 valence electrons. The topological polar surface area (TPSA) is 43.4 Å². The number of hydrogen-bond acceptors (Lipinski definition) is 3. The van der Waals surface area contributed by atoms with E-state index < -0.39 is 0 Å². The Kier molecular flexibility index (Phi) is 4.54. The van der Waals surface area contributed by atoms with Crippen LogP contribution in [0.15, 0.2) is 0 Å². The molecule has 10 heavy (non-hydrogen) atoms. The number of aldehydes is 1. The normalized spacial score (nSPS) is 12.2. The zero-order valence-corrected chi connectivity index (χ0v) is 6.29. The van der Waals surface area contributed by atoms with Crippen LogP contribution in [0.3, 0.4) is 0 Å². The van der Waals surface area contributed by atoms with Gasteiger partial charge in [-0.25, -0.2) is 0 Å². The van der Waals surface area contributed by atoms with Crippen LogP contribution in [0.25, 0.3) is 0 Å². The van der Waals surface area contributed by atoms with Crippen molar-refractivity contribution in [3.8, 4) is 0 Å². The third-order valence-electron chi connectivity index (χ3n) is 1.15. The van der Waals surface area contributed by atoms with Gasteiger partial charge in [-0.2, -0.15) is 0 Å². The Labute approximate surface area is 60.4 Å². The lowest BCUT2D eigenvalue weighted by Crippen LogP contribution is -2.15. The lowest BCUT2D eigenvalue weighted by atomic mass is 10.2. The number of hydrogen-bond donors (Lipinski definition) is 0. The monoisotopic (exact) mass is 144 g/mol. The molecule has 0 aliphatic heterocycles. The average molecular weight is 144 g/mol. The smallest absolute Gasteiger partial charge is 0.302 e. The summed E-state index contributed by atoms with van der Waals surface area (Å²) >= 11 is 0. The van der Waals surface area contributed by atoms with Crippen LogP contribution in [-0.4, -0.2) is 18.4 Å². The van der Waals surface area contributed by atoms with Crippen LogP contribution in [0.5, 0.6) is 0 Å². The van der Waals surface area contributed by atoms with Crippen molar-refractivity contribution in [2.45, 2.75) is 32.8 Å². The number of ether oxygens (including phenoxy) is 1. The highest BCUT2D eigenvalue weighted by Crippen LogP contribution is 2.00. The van der Waals surface area contributed by atoms with Crippen molar-refractivity contribution in [3.63, 3.8) is 0 Å². The van der Waals surface area contributed by atoms with E-state index in [2.05, 4.69) is 0 Å². The summed E-state index contributed by atoms with van der Waals surface area (Å²) < 4.78 is 4.77. The lowest BCUT2D eigenvalue weighted by molar-refractivity contribution is -0.146. The SMILES string of the molecule is CC[C@H](CC=O)OC(C)=O. The molecule has 0 unspecified atom stereocenters. The second kappa shape index (κ2) is 4.97. The van der Waals surface area contributed by atoms with Crippen LogP contribution >= 0.6 is 0 Å². The van der Waals surface area contributed by atoms with Gasteiger partial charge in [0.2, 0.25) is 0 Å². The van der Waals surface area contributed by atoms with E-state index in [4.69, 9.17) is 4.74 Å². The third kappa shape index (κ3) is 4.06. The van der Waals surface area contributed by atoms with Gasteiger partial charge in [-0.3, -0.25) is 4.79 Å². The van der Waals surface area contributed by atoms with Gasteiger partial charge in [-0.1, -0.05) is 6.92 Å². The Morgan fingerprint density at radius 1 is 1.70 bits per heavy atom. The van der Waals surface area contributed by atoms with Crippen molar-refractivity contribution in [2.75, 3.05) is 0 Å². The summed E-state index contributed by atoms with van der Waals surface area (Å²) in [7, 11) is 0. The van der Waals surface area contributed by atoms with Crippen molar-refractivity contribution in [2.24, 2.45) is 0 Å². The molecule has 0 aromatic rings. The highest BCUT2D eigenvalue weighted by atomic mass is 16.5. The molecule has 0 aliphatic carbocycles. The van der Waals surface area contributed by atoms with E-state index in [1.807, 2.05) is 6.92 Å². The average Bonchev–Trinajstić information content (AvgIpc) is 1.86. The summed E-state index contributed by atoms with van der Waals surface area (Å²) in [6, 6.07) is 0. The molecule has 0 heterocycles. The van der Waals surface area contributed by atoms with Crippen LogP contribution < -0.4 is 0 Å². The number of esters is 1. The standard InChI is InChI=1S/C7H12O3/c1-3-7(4-5-8)10-6(2)9/h5,7H,3-4H2,1-2H3/t7-/m1/s1. The fourth-order valence-corrected chi connectivity index (χ4v) is 0.640. The van der Waals surface area contributed by atoms with Gasteiger partial charge in [0.25, 0.3) is 0 Å². The zero-order valence-electron chi connectivity index (χ0n) is 6.29. The molecule has 3 nitrogen and oxygen atoms in total. The summed E-state index contributed by atoms with van der Waals surface area (Å²) in [4.78, 5) is 20.3. The molecule has 0 aliphatic rings. The molecule has 0 fully saturated rings. The first kappa shape index (κ1) is 9.14. The van der Waals surface area contributed by atoms with Gasteiger partial charge in [0.15, 0.2) is 0 Å². The number of rotatable bonds is 4. The summed E-state index contributed by atoms with van der Waals surface area (Å²) in [5, 5.41) is 0. The quantitative estimate of drug-likeness (QED) is 0.435. The van der Waals surface area contributed by atoms with Crippen LogP contribution in [0.4, 0.5) is 0 Å². The van der Waals surface area contributed by atoms with Gasteiger partial charge >= 0.3 is 5.97 Å². The minimum atomic E-state index is -0.325. The fourth-order valence-electron chi connectivity index (χ4n) is 0.640. The van der Waals surface area contributed by atoms with Crippen LogP contribution in [-0.2, 0) is 14.3 Å². The van der Waals surface area contributed by atoms with E-state index in [1.54, 1.807) is 0 Å². The van der Waals surface area contributed by atoms with Crippen LogP contribution in [0.2, 0.25) is 0 Å². The van der Waals surface area contributed by atoms with Gasteiger partial charge in [-0.05, 0) is 6.42 Å². The molecule has 0 aromatic carbocycles. The zero-order chi connectivity index (χ0) is 7.98. The first-order chi connectivity index (χ1) is 4.70. The number of carbonyl (C=O) groups excluding carboxylic acids is 2. The van der Waals surface area contributed by atoms with E-state index in [9.17, 15) is 9.59 Å². The van der Waals surface area contributed by atoms with Crippen molar-refractivity contribution in [1.29, 1.82) is 0 Å². The van der Waals surface area contributed by atoms with Crippen molar-refractivity contribution in [1.82, 2.24) is 0 Å². The Morgan fingerprint density at radius 3 is 2.60 bits per heavy atom. The first-order valence-corrected chi connectivity index (χ1v) is 3.31. The van der Waals surface area contributed by atoms with Gasteiger partial charge < -0.3 is 9.53 Å². The molecule has 0 amide bonds. The molecule has 3 heteroatoms. The summed E-state index contributed by atoms with van der Waals surface area (Å²) in [5.41, 5.74) is 0. The van der Waals surface area contributed by atoms with E-state index in [-0.39, 0.29) is 12.1 Å². The van der Waals surface area contributed by atoms with Gasteiger partial charge in [0, 0.05) is 13.3 Å². The first-order valence-electron chi connectivity index (χ1n) is 3.31. The second-order valence-electron chi connectivity index (χ2n) is 2.04. The van der Waals surface area contributed by atoms with E-state index in [0.717, 1.165) is 6.29 Å². The van der Waals surface area contributed by atoms with E-state index in [0.29, 0.717) is 12.8 Å². The maximum absolute atomic E-state index is 10.3. The number of carbonyl (C=O) groups is 2.